The van der Waals surface area contributed by atoms with Gasteiger partial charge in [0.2, 0.25) is 0 Å². The second-order valence-corrected chi connectivity index (χ2v) is 2.76. The van der Waals surface area contributed by atoms with E-state index in [0.717, 1.165) is 0 Å². The minimum atomic E-state index is -0.535. The lowest BCUT2D eigenvalue weighted by Crippen LogP contribution is -1.94. The van der Waals surface area contributed by atoms with Crippen LogP contribution < -0.4 is 4.74 Å². The summed E-state index contributed by atoms with van der Waals surface area (Å²) in [6, 6.07) is 4.56. The maximum absolute atomic E-state index is 12.9. The minimum Gasteiger partial charge on any atom is -0.496 e. The highest BCUT2D eigenvalue weighted by Gasteiger charge is 2.11. The summed E-state index contributed by atoms with van der Waals surface area (Å²) in [6.07, 6.45) is 0.0414. The number of methoxy groups -OCH3 is 1. The monoisotopic (exact) mass is 199 g/mol. The van der Waals surface area contributed by atoms with Gasteiger partial charge in [-0.15, -0.1) is 0 Å². The predicted molar refractivity (Wildman–Crippen MR) is 47.3 cm³/mol. The van der Waals surface area contributed by atoms with Gasteiger partial charge in [-0.3, -0.25) is 0 Å². The fourth-order valence-electron chi connectivity index (χ4n) is 1.01. The Morgan fingerprint density at radius 2 is 2.31 bits per heavy atom. The first-order valence-electron chi connectivity index (χ1n) is 3.58. The number of ether oxygens (including phenoxy) is 1. The molecular weight excluding hydrogens is 193 g/mol. The van der Waals surface area contributed by atoms with Gasteiger partial charge >= 0.3 is 0 Å². The molecule has 0 aromatic heterocycles. The van der Waals surface area contributed by atoms with Gasteiger partial charge in [0.15, 0.2) is 0 Å². The van der Waals surface area contributed by atoms with Crippen molar-refractivity contribution in [3.05, 3.63) is 28.5 Å². The maximum atomic E-state index is 12.9. The third-order valence-electron chi connectivity index (χ3n) is 1.63. The van der Waals surface area contributed by atoms with Crippen LogP contribution in [0.2, 0.25) is 5.02 Å². The zero-order valence-electron chi connectivity index (χ0n) is 6.97. The Labute approximate surface area is 80.5 Å². The van der Waals surface area contributed by atoms with Gasteiger partial charge in [-0.05, 0) is 12.1 Å². The smallest absolute Gasteiger partial charge is 0.142 e. The Bertz CT molecular complexity index is 359. The molecule has 2 nitrogen and oxygen atoms in total. The van der Waals surface area contributed by atoms with E-state index in [1.54, 1.807) is 0 Å². The van der Waals surface area contributed by atoms with E-state index in [4.69, 9.17) is 21.6 Å². The molecule has 0 atom stereocenters. The molecule has 0 fully saturated rings. The molecule has 0 bridgehead atoms. The molecule has 1 rings (SSSR count). The quantitative estimate of drug-likeness (QED) is 0.734. The normalized spacial score (nSPS) is 9.38. The molecule has 0 saturated heterocycles. The summed E-state index contributed by atoms with van der Waals surface area (Å²) in [5, 5.41) is 8.43. The fraction of sp³-hybridized carbons (Fsp3) is 0.222. The Balaban J connectivity index is 3.25. The van der Waals surface area contributed by atoms with Crippen LogP contribution in [0.15, 0.2) is 12.1 Å². The van der Waals surface area contributed by atoms with Crippen LogP contribution in [-0.4, -0.2) is 7.11 Å². The van der Waals surface area contributed by atoms with E-state index in [1.807, 2.05) is 6.07 Å². The highest BCUT2D eigenvalue weighted by molar-refractivity contribution is 6.31. The summed E-state index contributed by atoms with van der Waals surface area (Å²) < 4.78 is 17.9. The Kier molecular flexibility index (Phi) is 3.10. The van der Waals surface area contributed by atoms with Crippen LogP contribution in [0.3, 0.4) is 0 Å². The number of benzene rings is 1. The van der Waals surface area contributed by atoms with Crippen LogP contribution >= 0.6 is 11.6 Å². The standard InChI is InChI=1S/C9H7ClFNO/c1-13-8-3-2-7(11)9(10)6(8)4-5-12/h2-3H,4H2,1H3. The zero-order chi connectivity index (χ0) is 9.84. The van der Waals surface area contributed by atoms with Crippen molar-refractivity contribution in [1.82, 2.24) is 0 Å². The van der Waals surface area contributed by atoms with Crippen LogP contribution in [0.5, 0.6) is 5.75 Å². The molecule has 1 aromatic rings. The van der Waals surface area contributed by atoms with Crippen molar-refractivity contribution >= 4 is 11.6 Å². The lowest BCUT2D eigenvalue weighted by molar-refractivity contribution is 0.409. The summed E-state index contributed by atoms with van der Waals surface area (Å²) in [6.45, 7) is 0. The van der Waals surface area contributed by atoms with E-state index in [2.05, 4.69) is 0 Å². The van der Waals surface area contributed by atoms with E-state index >= 15 is 0 Å². The molecule has 0 aliphatic carbocycles. The van der Waals surface area contributed by atoms with Crippen LogP contribution in [0.1, 0.15) is 5.56 Å². The van der Waals surface area contributed by atoms with Crippen LogP contribution in [0.25, 0.3) is 0 Å². The lowest BCUT2D eigenvalue weighted by Gasteiger charge is -2.07. The summed E-state index contributed by atoms with van der Waals surface area (Å²) in [5.41, 5.74) is 0.395. The molecule has 0 aliphatic heterocycles. The molecule has 0 spiro atoms. The third kappa shape index (κ3) is 1.90. The first kappa shape index (κ1) is 9.82. The van der Waals surface area contributed by atoms with E-state index in [0.29, 0.717) is 11.3 Å². The number of halogens is 2. The number of nitrogens with zero attached hydrogens (tertiary/aromatic N) is 1. The van der Waals surface area contributed by atoms with Crippen molar-refractivity contribution in [3.63, 3.8) is 0 Å². The average Bonchev–Trinajstić information content (AvgIpc) is 2.14. The summed E-state index contributed by atoms with van der Waals surface area (Å²) >= 11 is 5.65. The van der Waals surface area contributed by atoms with E-state index < -0.39 is 5.82 Å². The predicted octanol–water partition coefficient (Wildman–Crippen LogP) is 2.55. The van der Waals surface area contributed by atoms with Gasteiger partial charge in [-0.1, -0.05) is 11.6 Å². The van der Waals surface area contributed by atoms with Crippen molar-refractivity contribution in [2.75, 3.05) is 7.11 Å². The van der Waals surface area contributed by atoms with Crippen LogP contribution in [-0.2, 0) is 6.42 Å². The zero-order valence-corrected chi connectivity index (χ0v) is 7.73. The second-order valence-electron chi connectivity index (χ2n) is 2.38. The SMILES string of the molecule is COc1ccc(F)c(Cl)c1CC#N. The molecule has 0 unspecified atom stereocenters. The Morgan fingerprint density at radius 1 is 1.62 bits per heavy atom. The summed E-state index contributed by atoms with van der Waals surface area (Å²) in [5.74, 6) is -0.0966. The molecule has 0 amide bonds. The highest BCUT2D eigenvalue weighted by atomic mass is 35.5. The van der Waals surface area contributed by atoms with Crippen molar-refractivity contribution in [2.24, 2.45) is 0 Å². The van der Waals surface area contributed by atoms with Crippen molar-refractivity contribution in [2.45, 2.75) is 6.42 Å². The molecule has 4 heteroatoms. The van der Waals surface area contributed by atoms with E-state index in [-0.39, 0.29) is 11.4 Å². The number of hydrogen-bond acceptors (Lipinski definition) is 2. The van der Waals surface area contributed by atoms with Gasteiger partial charge in [0.05, 0.1) is 24.6 Å². The van der Waals surface area contributed by atoms with Crippen molar-refractivity contribution in [3.8, 4) is 11.8 Å². The fourth-order valence-corrected chi connectivity index (χ4v) is 1.23. The summed E-state index contributed by atoms with van der Waals surface area (Å²) in [4.78, 5) is 0. The van der Waals surface area contributed by atoms with Crippen molar-refractivity contribution < 1.29 is 9.13 Å². The highest BCUT2D eigenvalue weighted by Crippen LogP contribution is 2.28. The van der Waals surface area contributed by atoms with E-state index in [9.17, 15) is 4.39 Å². The number of hydrogen-bond donors (Lipinski definition) is 0. The van der Waals surface area contributed by atoms with Gasteiger partial charge in [-0.25, -0.2) is 4.39 Å². The maximum Gasteiger partial charge on any atom is 0.142 e. The molecule has 13 heavy (non-hydrogen) atoms. The van der Waals surface area contributed by atoms with Gasteiger partial charge < -0.3 is 4.74 Å². The van der Waals surface area contributed by atoms with E-state index in [1.165, 1.54) is 19.2 Å². The molecule has 1 aromatic carbocycles. The lowest BCUT2D eigenvalue weighted by atomic mass is 10.1. The molecule has 0 radical (unpaired) electrons. The number of rotatable bonds is 2. The topological polar surface area (TPSA) is 33.0 Å². The minimum absolute atomic E-state index is 0.0408. The molecule has 0 heterocycles. The first-order chi connectivity index (χ1) is 6.20. The van der Waals surface area contributed by atoms with Gasteiger partial charge in [0, 0.05) is 5.56 Å². The third-order valence-corrected chi connectivity index (χ3v) is 2.04. The molecule has 0 aliphatic rings. The Morgan fingerprint density at radius 3 is 2.85 bits per heavy atom. The molecular formula is C9H7ClFNO. The van der Waals surface area contributed by atoms with Crippen LogP contribution in [0, 0.1) is 17.1 Å². The number of nitriles is 1. The van der Waals surface area contributed by atoms with Gasteiger partial charge in [0.1, 0.15) is 11.6 Å². The largest absolute Gasteiger partial charge is 0.496 e. The van der Waals surface area contributed by atoms with Crippen molar-refractivity contribution in [1.29, 1.82) is 5.26 Å². The molecule has 68 valence electrons. The molecule has 0 saturated carbocycles. The van der Waals surface area contributed by atoms with Gasteiger partial charge in [-0.2, -0.15) is 5.26 Å². The van der Waals surface area contributed by atoms with Gasteiger partial charge in [0.25, 0.3) is 0 Å². The van der Waals surface area contributed by atoms with Crippen LogP contribution in [0.4, 0.5) is 4.39 Å². The first-order valence-corrected chi connectivity index (χ1v) is 3.96. The second kappa shape index (κ2) is 4.11. The average molecular weight is 200 g/mol. The Hall–Kier alpha value is -1.27. The molecule has 0 N–H and O–H groups in total. The summed E-state index contributed by atoms with van der Waals surface area (Å²) in [7, 11) is 1.45.